The molecule has 0 aliphatic rings. The smallest absolute Gasteiger partial charge is 0.0798 e. The topological polar surface area (TPSA) is 20.2 Å². The molecule has 1 aromatic rings. The Labute approximate surface area is 103 Å². The molecule has 1 N–H and O–H groups in total. The van der Waals surface area contributed by atoms with Gasteiger partial charge in [0.2, 0.25) is 0 Å². The van der Waals surface area contributed by atoms with E-state index in [1.807, 2.05) is 18.7 Å². The van der Waals surface area contributed by atoms with Crippen molar-refractivity contribution < 1.29 is 5.11 Å². The van der Waals surface area contributed by atoms with Gasteiger partial charge < -0.3 is 5.11 Å². The molecule has 1 nitrogen and oxygen atoms in total. The zero-order valence-corrected chi connectivity index (χ0v) is 11.5. The summed E-state index contributed by atoms with van der Waals surface area (Å²) in [5, 5.41) is 9.99. The fraction of sp³-hybridized carbons (Fsp3) is 0.571. The Balaban J connectivity index is 2.89. The molecule has 0 radical (unpaired) electrons. The molecule has 16 heavy (non-hydrogen) atoms. The molecule has 0 bridgehead atoms. The first kappa shape index (κ1) is 13.6. The quantitative estimate of drug-likeness (QED) is 0.776. The summed E-state index contributed by atoms with van der Waals surface area (Å²) in [7, 11) is 0. The Morgan fingerprint density at radius 2 is 2.00 bits per heavy atom. The largest absolute Gasteiger partial charge is 0.388 e. The van der Waals surface area contributed by atoms with Crippen LogP contribution in [0.4, 0.5) is 0 Å². The zero-order chi connectivity index (χ0) is 12.1. The molecule has 2 heteroatoms. The third-order valence-electron chi connectivity index (χ3n) is 2.48. The highest BCUT2D eigenvalue weighted by Gasteiger charge is 2.11. The normalized spacial score (nSPS) is 13.1. The van der Waals surface area contributed by atoms with E-state index >= 15 is 0 Å². The number of thioether (sulfide) groups is 1. The second-order valence-corrected chi connectivity index (χ2v) is 5.73. The molecule has 0 saturated heterocycles. The van der Waals surface area contributed by atoms with Gasteiger partial charge in [-0.3, -0.25) is 0 Å². The minimum atomic E-state index is -0.324. The van der Waals surface area contributed by atoms with Gasteiger partial charge in [-0.15, -0.1) is 11.8 Å². The van der Waals surface area contributed by atoms with Crippen molar-refractivity contribution >= 4 is 11.8 Å². The van der Waals surface area contributed by atoms with Crippen molar-refractivity contribution in [3.05, 3.63) is 29.3 Å². The maximum absolute atomic E-state index is 9.99. The van der Waals surface area contributed by atoms with Gasteiger partial charge in [0, 0.05) is 10.6 Å². The molecule has 0 aliphatic heterocycles. The number of aliphatic hydroxyl groups is 1. The van der Waals surface area contributed by atoms with Crippen LogP contribution in [0.1, 0.15) is 44.4 Å². The maximum atomic E-state index is 9.99. The highest BCUT2D eigenvalue weighted by atomic mass is 32.2. The number of aryl methyl sites for hydroxylation is 1. The van der Waals surface area contributed by atoms with Crippen LogP contribution in [0.25, 0.3) is 0 Å². The molecule has 0 fully saturated rings. The third kappa shape index (κ3) is 3.84. The molecule has 0 saturated carbocycles. The Morgan fingerprint density at radius 3 is 2.56 bits per heavy atom. The van der Waals surface area contributed by atoms with Crippen molar-refractivity contribution in [2.45, 2.75) is 45.1 Å². The summed E-state index contributed by atoms with van der Waals surface area (Å²) in [5.41, 5.74) is 2.31. The van der Waals surface area contributed by atoms with Crippen LogP contribution < -0.4 is 0 Å². The van der Waals surface area contributed by atoms with Crippen LogP contribution in [0.15, 0.2) is 23.1 Å². The number of benzene rings is 1. The van der Waals surface area contributed by atoms with Crippen LogP contribution in [0.5, 0.6) is 0 Å². The summed E-state index contributed by atoms with van der Waals surface area (Å²) >= 11 is 1.85. The number of aliphatic hydroxyl groups excluding tert-OH is 1. The summed E-state index contributed by atoms with van der Waals surface area (Å²) in [5.74, 6) is 1.78. The highest BCUT2D eigenvalue weighted by molar-refractivity contribution is 7.99. The molecular weight excluding hydrogens is 216 g/mol. The minimum Gasteiger partial charge on any atom is -0.388 e. The average molecular weight is 238 g/mol. The van der Waals surface area contributed by atoms with Gasteiger partial charge in [0.1, 0.15) is 0 Å². The molecule has 1 rings (SSSR count). The lowest BCUT2D eigenvalue weighted by Crippen LogP contribution is -2.00. The molecule has 1 unspecified atom stereocenters. The van der Waals surface area contributed by atoms with E-state index in [4.69, 9.17) is 0 Å². The van der Waals surface area contributed by atoms with Crippen molar-refractivity contribution in [3.63, 3.8) is 0 Å². The van der Waals surface area contributed by atoms with Crippen LogP contribution >= 0.6 is 11.8 Å². The molecular formula is C14H22OS. The van der Waals surface area contributed by atoms with E-state index in [9.17, 15) is 5.11 Å². The van der Waals surface area contributed by atoms with E-state index in [0.29, 0.717) is 5.92 Å². The molecule has 1 atom stereocenters. The van der Waals surface area contributed by atoms with Gasteiger partial charge in [0.15, 0.2) is 0 Å². The van der Waals surface area contributed by atoms with Gasteiger partial charge in [-0.25, -0.2) is 0 Å². The molecule has 0 aliphatic carbocycles. The Bertz CT molecular complexity index is 334. The fourth-order valence-corrected chi connectivity index (χ4v) is 2.57. The summed E-state index contributed by atoms with van der Waals surface area (Å²) in [6, 6.07) is 6.36. The lowest BCUT2D eigenvalue weighted by molar-refractivity contribution is 0.171. The monoisotopic (exact) mass is 238 g/mol. The first-order chi connectivity index (χ1) is 7.54. The van der Waals surface area contributed by atoms with Gasteiger partial charge in [0.05, 0.1) is 6.10 Å². The van der Waals surface area contributed by atoms with E-state index in [-0.39, 0.29) is 6.10 Å². The first-order valence-electron chi connectivity index (χ1n) is 5.96. The number of rotatable bonds is 5. The van der Waals surface area contributed by atoms with E-state index < -0.39 is 0 Å². The lowest BCUT2D eigenvalue weighted by atomic mass is 10.1. The Kier molecular flexibility index (Phi) is 5.36. The number of hydrogen-bond acceptors (Lipinski definition) is 2. The van der Waals surface area contributed by atoms with Crippen LogP contribution in [0.3, 0.4) is 0 Å². The second kappa shape index (κ2) is 6.31. The first-order valence-corrected chi connectivity index (χ1v) is 6.94. The Hall–Kier alpha value is -0.470. The minimum absolute atomic E-state index is 0.324. The maximum Gasteiger partial charge on any atom is 0.0798 e. The van der Waals surface area contributed by atoms with Crippen LogP contribution in [0.2, 0.25) is 0 Å². The lowest BCUT2D eigenvalue weighted by Gasteiger charge is -2.15. The van der Waals surface area contributed by atoms with Crippen molar-refractivity contribution in [2.75, 3.05) is 5.75 Å². The third-order valence-corrected chi connectivity index (χ3v) is 4.00. The molecule has 0 spiro atoms. The molecule has 1 aromatic carbocycles. The predicted octanol–water partition coefficient (Wildman–Crippen LogP) is 4.19. The highest BCUT2D eigenvalue weighted by Crippen LogP contribution is 2.31. The van der Waals surface area contributed by atoms with E-state index in [1.165, 1.54) is 10.5 Å². The molecule has 90 valence electrons. The van der Waals surface area contributed by atoms with Gasteiger partial charge in [-0.2, -0.15) is 0 Å². The average Bonchev–Trinajstić information content (AvgIpc) is 2.26. The number of hydrogen-bond donors (Lipinski definition) is 1. The van der Waals surface area contributed by atoms with Gasteiger partial charge >= 0.3 is 0 Å². The van der Waals surface area contributed by atoms with E-state index in [1.54, 1.807) is 0 Å². The van der Waals surface area contributed by atoms with Crippen molar-refractivity contribution in [1.82, 2.24) is 0 Å². The van der Waals surface area contributed by atoms with Crippen molar-refractivity contribution in [1.29, 1.82) is 0 Å². The van der Waals surface area contributed by atoms with Crippen molar-refractivity contribution in [3.8, 4) is 0 Å². The van der Waals surface area contributed by atoms with E-state index in [0.717, 1.165) is 17.7 Å². The zero-order valence-electron chi connectivity index (χ0n) is 10.7. The summed E-state index contributed by atoms with van der Waals surface area (Å²) < 4.78 is 0. The van der Waals surface area contributed by atoms with Gasteiger partial charge in [-0.1, -0.05) is 38.5 Å². The van der Waals surface area contributed by atoms with Crippen molar-refractivity contribution in [2.24, 2.45) is 5.92 Å². The molecule has 0 amide bonds. The molecule has 0 heterocycles. The van der Waals surface area contributed by atoms with Gasteiger partial charge in [-0.05, 0) is 30.9 Å². The van der Waals surface area contributed by atoms with E-state index in [2.05, 4.69) is 39.0 Å². The second-order valence-electron chi connectivity index (χ2n) is 4.67. The Morgan fingerprint density at radius 1 is 1.31 bits per heavy atom. The van der Waals surface area contributed by atoms with Crippen LogP contribution in [-0.2, 0) is 0 Å². The SMILES string of the molecule is CCC(O)c1cc(C)ccc1SCC(C)C. The predicted molar refractivity (Wildman–Crippen MR) is 72.0 cm³/mol. The standard InChI is InChI=1S/C14H22OS/c1-5-13(15)12-8-11(4)6-7-14(12)16-9-10(2)3/h6-8,10,13,15H,5,9H2,1-4H3. The fourth-order valence-electron chi connectivity index (χ4n) is 1.54. The summed E-state index contributed by atoms with van der Waals surface area (Å²) in [6.07, 6.45) is 0.452. The van der Waals surface area contributed by atoms with Crippen LogP contribution in [-0.4, -0.2) is 10.9 Å². The summed E-state index contributed by atoms with van der Waals surface area (Å²) in [4.78, 5) is 1.23. The van der Waals surface area contributed by atoms with Gasteiger partial charge in [0.25, 0.3) is 0 Å². The summed E-state index contributed by atoms with van der Waals surface area (Å²) in [6.45, 7) is 8.53. The molecule has 0 aromatic heterocycles. The van der Waals surface area contributed by atoms with Crippen LogP contribution in [0, 0.1) is 12.8 Å².